The normalized spacial score (nSPS) is 22.1. The van der Waals surface area contributed by atoms with Gasteiger partial charge in [0.2, 0.25) is 10.0 Å². The summed E-state index contributed by atoms with van der Waals surface area (Å²) in [7, 11) is -3.13. The van der Waals surface area contributed by atoms with Crippen LogP contribution in [0.4, 0.5) is 0 Å². The second-order valence-corrected chi connectivity index (χ2v) is 7.70. The van der Waals surface area contributed by atoms with Gasteiger partial charge >= 0.3 is 0 Å². The van der Waals surface area contributed by atoms with Gasteiger partial charge in [0.15, 0.2) is 0 Å². The van der Waals surface area contributed by atoms with Crippen molar-refractivity contribution in [3.05, 3.63) is 35.4 Å². The van der Waals surface area contributed by atoms with E-state index in [1.807, 2.05) is 6.07 Å². The topological polar surface area (TPSA) is 49.4 Å². The van der Waals surface area contributed by atoms with E-state index in [-0.39, 0.29) is 17.8 Å². The summed E-state index contributed by atoms with van der Waals surface area (Å²) in [5.74, 6) is 0. The highest BCUT2D eigenvalue weighted by Crippen LogP contribution is 2.40. The van der Waals surface area contributed by atoms with Crippen molar-refractivity contribution in [1.82, 2.24) is 9.62 Å². The Labute approximate surface area is 127 Å². The van der Waals surface area contributed by atoms with Crippen molar-refractivity contribution < 1.29 is 8.42 Å². The Balaban J connectivity index is 0.00000147. The number of rotatable bonds is 1. The minimum atomic E-state index is -3.13. The largest absolute Gasteiger partial charge is 0.317 e. The van der Waals surface area contributed by atoms with Crippen LogP contribution in [-0.2, 0) is 22.0 Å². The van der Waals surface area contributed by atoms with Crippen molar-refractivity contribution in [2.75, 3.05) is 25.9 Å². The number of sulfonamides is 1. The van der Waals surface area contributed by atoms with E-state index in [9.17, 15) is 8.42 Å². The number of benzene rings is 1. The molecule has 2 aliphatic rings. The van der Waals surface area contributed by atoms with Crippen LogP contribution >= 0.6 is 12.4 Å². The minimum absolute atomic E-state index is 0. The summed E-state index contributed by atoms with van der Waals surface area (Å²) in [6.07, 6.45) is 3.34. The number of nitrogens with zero attached hydrogens (tertiary/aromatic N) is 1. The van der Waals surface area contributed by atoms with Gasteiger partial charge in [0.25, 0.3) is 0 Å². The molecule has 6 heteroatoms. The quantitative estimate of drug-likeness (QED) is 0.854. The van der Waals surface area contributed by atoms with E-state index < -0.39 is 10.0 Å². The molecule has 20 heavy (non-hydrogen) atoms. The summed E-state index contributed by atoms with van der Waals surface area (Å²) >= 11 is 0. The second-order valence-electron chi connectivity index (χ2n) is 5.72. The molecule has 1 saturated heterocycles. The van der Waals surface area contributed by atoms with Gasteiger partial charge in [-0.25, -0.2) is 8.42 Å². The first kappa shape index (κ1) is 15.8. The number of hydrogen-bond donors (Lipinski definition) is 1. The molecule has 0 radical (unpaired) electrons. The van der Waals surface area contributed by atoms with E-state index in [1.54, 1.807) is 4.31 Å². The Morgan fingerprint density at radius 3 is 2.50 bits per heavy atom. The highest BCUT2D eigenvalue weighted by atomic mass is 35.5. The van der Waals surface area contributed by atoms with Crippen LogP contribution in [0.2, 0.25) is 0 Å². The number of nitrogens with one attached hydrogen (secondary N) is 1. The van der Waals surface area contributed by atoms with Gasteiger partial charge in [-0.05, 0) is 37.1 Å². The number of fused-ring (bicyclic) bond motifs is 2. The summed E-state index contributed by atoms with van der Waals surface area (Å²) in [6, 6.07) is 8.31. The lowest BCUT2D eigenvalue weighted by Gasteiger charge is -2.45. The molecular formula is C14H21ClN2O2S. The molecule has 3 rings (SSSR count). The second kappa shape index (κ2) is 5.64. The van der Waals surface area contributed by atoms with Gasteiger partial charge in [-0.3, -0.25) is 0 Å². The molecule has 4 nitrogen and oxygen atoms in total. The molecule has 0 aliphatic carbocycles. The average Bonchev–Trinajstić information content (AvgIpc) is 2.39. The molecule has 1 aromatic rings. The first-order valence-electron chi connectivity index (χ1n) is 6.76. The average molecular weight is 317 g/mol. The Morgan fingerprint density at radius 1 is 1.20 bits per heavy atom. The monoisotopic (exact) mass is 316 g/mol. The van der Waals surface area contributed by atoms with Crippen molar-refractivity contribution in [3.8, 4) is 0 Å². The number of piperidine rings is 1. The highest BCUT2D eigenvalue weighted by Gasteiger charge is 2.42. The van der Waals surface area contributed by atoms with Gasteiger partial charge in [0.1, 0.15) is 0 Å². The van der Waals surface area contributed by atoms with Gasteiger partial charge in [-0.2, -0.15) is 4.31 Å². The van der Waals surface area contributed by atoms with Gasteiger partial charge in [0, 0.05) is 18.5 Å². The molecule has 0 aromatic heterocycles. The molecule has 0 amide bonds. The van der Waals surface area contributed by atoms with Gasteiger partial charge in [-0.15, -0.1) is 12.4 Å². The summed E-state index contributed by atoms with van der Waals surface area (Å²) in [5, 5.41) is 3.37. The maximum absolute atomic E-state index is 11.9. The molecule has 0 saturated carbocycles. The zero-order valence-corrected chi connectivity index (χ0v) is 13.3. The lowest BCUT2D eigenvalue weighted by molar-refractivity contribution is 0.216. The molecule has 1 N–H and O–H groups in total. The van der Waals surface area contributed by atoms with Crippen LogP contribution in [0.1, 0.15) is 24.0 Å². The third-order valence-corrected chi connectivity index (χ3v) is 5.64. The van der Waals surface area contributed by atoms with E-state index >= 15 is 0 Å². The van der Waals surface area contributed by atoms with E-state index in [0.29, 0.717) is 13.1 Å². The number of halogens is 1. The standard InChI is InChI=1S/C14H20N2O2S.ClH/c1-19(17,18)16-10-12-4-2-3-5-13(12)14(11-16)6-8-15-9-7-14;/h2-5,15H,6-11H2,1H3;1H. The van der Waals surface area contributed by atoms with E-state index in [1.165, 1.54) is 17.4 Å². The van der Waals surface area contributed by atoms with E-state index in [4.69, 9.17) is 0 Å². The summed E-state index contributed by atoms with van der Waals surface area (Å²) < 4.78 is 25.5. The lowest BCUT2D eigenvalue weighted by atomic mass is 9.70. The van der Waals surface area contributed by atoms with E-state index in [2.05, 4.69) is 23.5 Å². The molecule has 1 aromatic carbocycles. The molecule has 0 atom stereocenters. The molecule has 112 valence electrons. The fourth-order valence-electron chi connectivity index (χ4n) is 3.41. The maximum Gasteiger partial charge on any atom is 0.211 e. The maximum atomic E-state index is 11.9. The third kappa shape index (κ3) is 2.72. The molecule has 0 bridgehead atoms. The van der Waals surface area contributed by atoms with Crippen LogP contribution in [0.3, 0.4) is 0 Å². The van der Waals surface area contributed by atoms with Crippen LogP contribution < -0.4 is 5.32 Å². The Hall–Kier alpha value is -0.620. The van der Waals surface area contributed by atoms with Crippen molar-refractivity contribution >= 4 is 22.4 Å². The highest BCUT2D eigenvalue weighted by molar-refractivity contribution is 7.88. The van der Waals surface area contributed by atoms with Crippen LogP contribution in [-0.4, -0.2) is 38.6 Å². The predicted molar refractivity (Wildman–Crippen MR) is 82.7 cm³/mol. The van der Waals surface area contributed by atoms with Crippen molar-refractivity contribution in [2.24, 2.45) is 0 Å². The smallest absolute Gasteiger partial charge is 0.211 e. The number of hydrogen-bond acceptors (Lipinski definition) is 3. The summed E-state index contributed by atoms with van der Waals surface area (Å²) in [6.45, 7) is 3.08. The molecule has 1 fully saturated rings. The minimum Gasteiger partial charge on any atom is -0.317 e. The summed E-state index contributed by atoms with van der Waals surface area (Å²) in [5.41, 5.74) is 2.53. The van der Waals surface area contributed by atoms with Gasteiger partial charge in [0.05, 0.1) is 6.26 Å². The molecule has 2 heterocycles. The van der Waals surface area contributed by atoms with Crippen molar-refractivity contribution in [1.29, 1.82) is 0 Å². The van der Waals surface area contributed by atoms with Gasteiger partial charge < -0.3 is 5.32 Å². The zero-order valence-electron chi connectivity index (χ0n) is 11.6. The Kier molecular flexibility index (Phi) is 4.44. The Bertz CT molecular complexity index is 583. The van der Waals surface area contributed by atoms with Crippen molar-refractivity contribution in [3.63, 3.8) is 0 Å². The lowest BCUT2D eigenvalue weighted by Crippen LogP contribution is -2.52. The zero-order chi connectivity index (χ0) is 13.5. The molecule has 1 spiro atoms. The molecule has 2 aliphatic heterocycles. The van der Waals surface area contributed by atoms with Crippen LogP contribution in [0.15, 0.2) is 24.3 Å². The third-order valence-electron chi connectivity index (χ3n) is 4.44. The fourth-order valence-corrected chi connectivity index (χ4v) is 4.27. The fraction of sp³-hybridized carbons (Fsp3) is 0.571. The SMILES string of the molecule is CS(=O)(=O)N1Cc2ccccc2C2(CCNCC2)C1.Cl. The van der Waals surface area contributed by atoms with E-state index in [0.717, 1.165) is 25.9 Å². The summed E-state index contributed by atoms with van der Waals surface area (Å²) in [4.78, 5) is 0. The Morgan fingerprint density at radius 2 is 1.85 bits per heavy atom. The van der Waals surface area contributed by atoms with Crippen LogP contribution in [0.5, 0.6) is 0 Å². The first-order chi connectivity index (χ1) is 9.01. The first-order valence-corrected chi connectivity index (χ1v) is 8.60. The van der Waals surface area contributed by atoms with Crippen LogP contribution in [0.25, 0.3) is 0 Å². The van der Waals surface area contributed by atoms with Gasteiger partial charge in [-0.1, -0.05) is 24.3 Å². The molecular weight excluding hydrogens is 296 g/mol. The predicted octanol–water partition coefficient (Wildman–Crippen LogP) is 1.50. The van der Waals surface area contributed by atoms with Crippen molar-refractivity contribution in [2.45, 2.75) is 24.8 Å². The molecule has 0 unspecified atom stereocenters. The van der Waals surface area contributed by atoms with Crippen LogP contribution in [0, 0.1) is 0 Å².